The molecule has 4 rings (SSSR count). The molecule has 22 heavy (non-hydrogen) atoms. The van der Waals surface area contributed by atoms with Gasteiger partial charge in [-0.1, -0.05) is 35.5 Å². The molecular weight excluding hydrogens is 278 g/mol. The van der Waals surface area contributed by atoms with Gasteiger partial charge >= 0.3 is 0 Å². The minimum atomic E-state index is 0.545. The second-order valence-corrected chi connectivity index (χ2v) is 4.78. The van der Waals surface area contributed by atoms with Gasteiger partial charge in [-0.2, -0.15) is 4.68 Å². The van der Waals surface area contributed by atoms with E-state index in [9.17, 15) is 0 Å². The normalized spacial score (nSPS) is 11.0. The number of nitrogens with zero attached hydrogens (tertiary/aromatic N) is 5. The maximum atomic E-state index is 5.29. The van der Waals surface area contributed by atoms with Gasteiger partial charge < -0.3 is 4.74 Å². The van der Waals surface area contributed by atoms with Crippen LogP contribution in [-0.2, 0) is 0 Å². The van der Waals surface area contributed by atoms with Crippen LogP contribution >= 0.6 is 0 Å². The van der Waals surface area contributed by atoms with Crippen molar-refractivity contribution < 1.29 is 4.74 Å². The summed E-state index contributed by atoms with van der Waals surface area (Å²) in [6.45, 7) is 0. The van der Waals surface area contributed by atoms with Crippen molar-refractivity contribution in [3.63, 3.8) is 0 Å². The fraction of sp³-hybridized carbons (Fsp3) is 0.0625. The Morgan fingerprint density at radius 1 is 0.909 bits per heavy atom. The minimum Gasteiger partial charge on any atom is -0.480 e. The van der Waals surface area contributed by atoms with E-state index in [1.165, 1.54) is 0 Å². The molecule has 0 saturated heterocycles. The van der Waals surface area contributed by atoms with E-state index < -0.39 is 0 Å². The van der Waals surface area contributed by atoms with Crippen LogP contribution in [0, 0.1) is 0 Å². The van der Waals surface area contributed by atoms with Gasteiger partial charge in [-0.15, -0.1) is 10.2 Å². The zero-order chi connectivity index (χ0) is 14.9. The maximum absolute atomic E-state index is 5.29. The van der Waals surface area contributed by atoms with Gasteiger partial charge in [-0.25, -0.2) is 4.68 Å². The first kappa shape index (κ1) is 12.6. The lowest BCUT2D eigenvalue weighted by Gasteiger charge is -2.02. The van der Waals surface area contributed by atoms with E-state index in [2.05, 4.69) is 10.3 Å². The fourth-order valence-corrected chi connectivity index (χ4v) is 2.48. The molecule has 0 aliphatic heterocycles. The van der Waals surface area contributed by atoms with Gasteiger partial charge in [0.1, 0.15) is 6.20 Å². The maximum Gasteiger partial charge on any atom is 0.238 e. The summed E-state index contributed by atoms with van der Waals surface area (Å²) in [5.41, 5.74) is 1.99. The third-order valence-electron chi connectivity index (χ3n) is 3.50. The lowest BCUT2D eigenvalue weighted by Crippen LogP contribution is -2.03. The van der Waals surface area contributed by atoms with E-state index in [1.807, 2.05) is 59.3 Å². The molecule has 0 bridgehead atoms. The van der Waals surface area contributed by atoms with Crippen molar-refractivity contribution in [3.05, 3.63) is 60.8 Å². The number of methoxy groups -OCH3 is 1. The lowest BCUT2D eigenvalue weighted by molar-refractivity contribution is 0.382. The van der Waals surface area contributed by atoms with Crippen LogP contribution < -0.4 is 4.74 Å². The molecule has 0 N–H and O–H groups in total. The van der Waals surface area contributed by atoms with Crippen LogP contribution in [0.15, 0.2) is 60.8 Å². The van der Waals surface area contributed by atoms with Gasteiger partial charge in [0.15, 0.2) is 5.82 Å². The number of para-hydroxylation sites is 2. The van der Waals surface area contributed by atoms with E-state index in [0.29, 0.717) is 11.7 Å². The Bertz CT molecular complexity index is 926. The van der Waals surface area contributed by atoms with Gasteiger partial charge in [0.05, 0.1) is 18.3 Å². The number of aromatic nitrogens is 5. The summed E-state index contributed by atoms with van der Waals surface area (Å²) in [4.78, 5) is 0. The minimum absolute atomic E-state index is 0.545. The van der Waals surface area contributed by atoms with Crippen LogP contribution in [0.5, 0.6) is 5.88 Å². The smallest absolute Gasteiger partial charge is 0.238 e. The number of benzene rings is 2. The molecule has 0 radical (unpaired) electrons. The molecule has 6 nitrogen and oxygen atoms in total. The van der Waals surface area contributed by atoms with Gasteiger partial charge in [-0.3, -0.25) is 0 Å². The molecule has 0 atom stereocenters. The second-order valence-electron chi connectivity index (χ2n) is 4.78. The molecule has 2 aromatic heterocycles. The predicted molar refractivity (Wildman–Crippen MR) is 82.5 cm³/mol. The molecule has 0 aliphatic carbocycles. The molecule has 0 spiro atoms. The molecule has 108 valence electrons. The largest absolute Gasteiger partial charge is 0.480 e. The van der Waals surface area contributed by atoms with E-state index in [1.54, 1.807) is 18.0 Å². The van der Waals surface area contributed by atoms with E-state index >= 15 is 0 Å². The summed E-state index contributed by atoms with van der Waals surface area (Å²) in [6.07, 6.45) is 1.57. The van der Waals surface area contributed by atoms with Crippen molar-refractivity contribution in [2.45, 2.75) is 0 Å². The van der Waals surface area contributed by atoms with Crippen molar-refractivity contribution in [2.24, 2.45) is 0 Å². The van der Waals surface area contributed by atoms with Gasteiger partial charge in [-0.05, 0) is 24.3 Å². The highest BCUT2D eigenvalue weighted by atomic mass is 16.5. The fourth-order valence-electron chi connectivity index (χ4n) is 2.48. The number of ether oxygens (including phenoxy) is 1. The lowest BCUT2D eigenvalue weighted by atomic mass is 10.2. The zero-order valence-electron chi connectivity index (χ0n) is 11.9. The van der Waals surface area contributed by atoms with Crippen molar-refractivity contribution >= 4 is 10.9 Å². The van der Waals surface area contributed by atoms with Gasteiger partial charge in [0.2, 0.25) is 5.88 Å². The van der Waals surface area contributed by atoms with Gasteiger partial charge in [0, 0.05) is 5.39 Å². The summed E-state index contributed by atoms with van der Waals surface area (Å²) in [5, 5.41) is 13.7. The highest BCUT2D eigenvalue weighted by molar-refractivity contribution is 5.87. The Balaban J connectivity index is 2.01. The topological polar surface area (TPSA) is 57.8 Å². The molecular formula is C16H13N5O. The molecule has 6 heteroatoms. The Kier molecular flexibility index (Phi) is 2.86. The summed E-state index contributed by atoms with van der Waals surface area (Å²) >= 11 is 0. The first-order valence-corrected chi connectivity index (χ1v) is 6.87. The first-order valence-electron chi connectivity index (χ1n) is 6.87. The highest BCUT2D eigenvalue weighted by Gasteiger charge is 2.16. The molecule has 0 fully saturated rings. The molecule has 0 aliphatic rings. The Morgan fingerprint density at radius 2 is 1.68 bits per heavy atom. The Morgan fingerprint density at radius 3 is 2.50 bits per heavy atom. The van der Waals surface area contributed by atoms with Crippen molar-refractivity contribution in [3.8, 4) is 17.4 Å². The monoisotopic (exact) mass is 291 g/mol. The number of fused-ring (bicyclic) bond motifs is 1. The summed E-state index contributed by atoms with van der Waals surface area (Å²) in [7, 11) is 1.59. The Hall–Kier alpha value is -3.15. The van der Waals surface area contributed by atoms with E-state index in [-0.39, 0.29) is 0 Å². The average Bonchev–Trinajstić information content (AvgIpc) is 3.19. The van der Waals surface area contributed by atoms with Crippen molar-refractivity contribution in [1.29, 1.82) is 0 Å². The van der Waals surface area contributed by atoms with E-state index in [4.69, 9.17) is 9.84 Å². The second kappa shape index (κ2) is 5.00. The molecule has 4 aromatic rings. The average molecular weight is 291 g/mol. The van der Waals surface area contributed by atoms with Crippen LogP contribution in [-0.4, -0.2) is 31.9 Å². The van der Waals surface area contributed by atoms with Crippen LogP contribution in [0.2, 0.25) is 0 Å². The van der Waals surface area contributed by atoms with Crippen LogP contribution in [0.25, 0.3) is 22.4 Å². The summed E-state index contributed by atoms with van der Waals surface area (Å²) in [5.74, 6) is 1.23. The summed E-state index contributed by atoms with van der Waals surface area (Å²) in [6, 6.07) is 18.0. The van der Waals surface area contributed by atoms with Crippen LogP contribution in [0.4, 0.5) is 0 Å². The first-order chi connectivity index (χ1) is 10.9. The molecule has 0 amide bonds. The molecule has 2 heterocycles. The SMILES string of the molecule is COc1cnnn1-c1nn(-c2ccccc2)c2ccccc12. The molecule has 0 saturated carbocycles. The molecule has 0 unspecified atom stereocenters. The number of hydrogen-bond donors (Lipinski definition) is 0. The predicted octanol–water partition coefficient (Wildman–Crippen LogP) is 2.61. The quantitative estimate of drug-likeness (QED) is 0.582. The van der Waals surface area contributed by atoms with Crippen LogP contribution in [0.1, 0.15) is 0 Å². The van der Waals surface area contributed by atoms with Gasteiger partial charge in [0.25, 0.3) is 0 Å². The molecule has 2 aromatic carbocycles. The highest BCUT2D eigenvalue weighted by Crippen LogP contribution is 2.26. The Labute approximate surface area is 126 Å². The van der Waals surface area contributed by atoms with E-state index in [0.717, 1.165) is 16.6 Å². The van der Waals surface area contributed by atoms with Crippen LogP contribution in [0.3, 0.4) is 0 Å². The third kappa shape index (κ3) is 1.85. The number of hydrogen-bond acceptors (Lipinski definition) is 4. The number of rotatable bonds is 3. The third-order valence-corrected chi connectivity index (χ3v) is 3.50. The van der Waals surface area contributed by atoms with Crippen molar-refractivity contribution in [1.82, 2.24) is 24.8 Å². The summed E-state index contributed by atoms with van der Waals surface area (Å²) < 4.78 is 8.79. The zero-order valence-corrected chi connectivity index (χ0v) is 11.9. The standard InChI is InChI=1S/C16H13N5O/c1-22-15-11-17-19-21(15)16-13-9-5-6-10-14(13)20(18-16)12-7-3-2-4-8-12/h2-11H,1H3. The van der Waals surface area contributed by atoms with Crippen molar-refractivity contribution in [2.75, 3.05) is 7.11 Å².